The SMILES string of the molecule is CCN(Cc1ccccc1)C12CCC(CC1)CN2c1cc2c(cc1F)c(=O)c(C(=O)O)cn2C1CC1. The van der Waals surface area contributed by atoms with E-state index >= 15 is 4.39 Å². The maximum absolute atomic E-state index is 15.9. The molecule has 2 aliphatic heterocycles. The predicted octanol–water partition coefficient (Wildman–Crippen LogP) is 5.40. The lowest BCUT2D eigenvalue weighted by atomic mass is 9.74. The normalized spacial score (nSPS) is 23.5. The van der Waals surface area contributed by atoms with Crippen LogP contribution in [0.2, 0.25) is 0 Å². The molecular formula is C29H32FN3O3. The topological polar surface area (TPSA) is 65.8 Å². The zero-order chi connectivity index (χ0) is 25.0. The molecule has 2 aliphatic carbocycles. The zero-order valence-corrected chi connectivity index (χ0v) is 20.6. The Labute approximate surface area is 209 Å². The van der Waals surface area contributed by atoms with Crippen molar-refractivity contribution in [3.63, 3.8) is 0 Å². The largest absolute Gasteiger partial charge is 0.477 e. The van der Waals surface area contributed by atoms with E-state index < -0.39 is 17.2 Å². The molecule has 1 N–H and O–H groups in total. The number of carbonyl (C=O) groups is 1. The molecule has 0 spiro atoms. The summed E-state index contributed by atoms with van der Waals surface area (Å²) >= 11 is 0. The maximum Gasteiger partial charge on any atom is 0.341 e. The summed E-state index contributed by atoms with van der Waals surface area (Å²) in [4.78, 5) is 29.4. The third-order valence-corrected chi connectivity index (χ3v) is 8.60. The third kappa shape index (κ3) is 3.72. The van der Waals surface area contributed by atoms with E-state index in [1.165, 1.54) is 17.8 Å². The molecule has 2 saturated carbocycles. The van der Waals surface area contributed by atoms with Gasteiger partial charge in [-0.15, -0.1) is 0 Å². The number of fused-ring (bicyclic) bond motifs is 4. The lowest BCUT2D eigenvalue weighted by molar-refractivity contribution is -0.00155. The van der Waals surface area contributed by atoms with E-state index in [-0.39, 0.29) is 22.7 Å². The summed E-state index contributed by atoms with van der Waals surface area (Å²) in [5.41, 5.74) is 1.19. The molecule has 1 aromatic heterocycles. The van der Waals surface area contributed by atoms with Crippen LogP contribution < -0.4 is 10.3 Å². The lowest BCUT2D eigenvalue weighted by Crippen LogP contribution is -2.67. The van der Waals surface area contributed by atoms with Crippen molar-refractivity contribution >= 4 is 22.6 Å². The van der Waals surface area contributed by atoms with Crippen LogP contribution in [0.5, 0.6) is 0 Å². The minimum atomic E-state index is -1.27. The van der Waals surface area contributed by atoms with Crippen molar-refractivity contribution in [2.24, 2.45) is 5.92 Å². The summed E-state index contributed by atoms with van der Waals surface area (Å²) < 4.78 is 17.8. The number of halogens is 1. The molecule has 0 unspecified atom stereocenters. The number of piperidine rings is 2. The maximum atomic E-state index is 15.9. The van der Waals surface area contributed by atoms with Crippen LogP contribution in [0.3, 0.4) is 0 Å². The third-order valence-electron chi connectivity index (χ3n) is 8.60. The minimum Gasteiger partial charge on any atom is -0.477 e. The van der Waals surface area contributed by atoms with Crippen molar-refractivity contribution in [2.45, 2.75) is 63.7 Å². The first-order chi connectivity index (χ1) is 17.4. The van der Waals surface area contributed by atoms with Crippen molar-refractivity contribution in [1.29, 1.82) is 0 Å². The average Bonchev–Trinajstić information content (AvgIpc) is 3.74. The van der Waals surface area contributed by atoms with Crippen molar-refractivity contribution in [1.82, 2.24) is 9.47 Å². The second kappa shape index (κ2) is 8.73. The van der Waals surface area contributed by atoms with E-state index in [9.17, 15) is 14.7 Å². The van der Waals surface area contributed by atoms with Crippen LogP contribution in [-0.2, 0) is 6.54 Å². The van der Waals surface area contributed by atoms with Gasteiger partial charge in [0.25, 0.3) is 0 Å². The van der Waals surface area contributed by atoms with Gasteiger partial charge >= 0.3 is 5.97 Å². The number of nitrogens with zero attached hydrogens (tertiary/aromatic N) is 3. The number of hydrogen-bond acceptors (Lipinski definition) is 4. The number of hydrogen-bond donors (Lipinski definition) is 1. The molecule has 0 radical (unpaired) electrons. The van der Waals surface area contributed by atoms with E-state index in [1.54, 1.807) is 0 Å². The number of carboxylic acids is 1. The van der Waals surface area contributed by atoms with E-state index in [0.717, 1.165) is 58.2 Å². The fourth-order valence-corrected chi connectivity index (χ4v) is 6.56. The summed E-state index contributed by atoms with van der Waals surface area (Å²) in [6.45, 7) is 4.60. The monoisotopic (exact) mass is 489 g/mol. The molecule has 36 heavy (non-hydrogen) atoms. The number of aromatic carboxylic acids is 1. The van der Waals surface area contributed by atoms with Crippen molar-refractivity contribution in [3.8, 4) is 0 Å². The number of rotatable bonds is 7. The Morgan fingerprint density at radius 1 is 1.14 bits per heavy atom. The van der Waals surface area contributed by atoms with Crippen LogP contribution in [0, 0.1) is 11.7 Å². The summed E-state index contributed by atoms with van der Waals surface area (Å²) in [7, 11) is 0. The van der Waals surface area contributed by atoms with Gasteiger partial charge in [0.2, 0.25) is 5.43 Å². The molecule has 6 nitrogen and oxygen atoms in total. The summed E-state index contributed by atoms with van der Waals surface area (Å²) in [5.74, 6) is -1.20. The van der Waals surface area contributed by atoms with Crippen LogP contribution in [-0.4, -0.2) is 39.3 Å². The molecule has 0 amide bonds. The number of aromatic nitrogens is 1. The van der Waals surface area contributed by atoms with E-state index in [2.05, 4.69) is 41.0 Å². The Kier molecular flexibility index (Phi) is 5.63. The van der Waals surface area contributed by atoms with Gasteiger partial charge in [-0.1, -0.05) is 37.3 Å². The molecule has 2 saturated heterocycles. The molecule has 7 heteroatoms. The van der Waals surface area contributed by atoms with E-state index in [4.69, 9.17) is 0 Å². The first kappa shape index (κ1) is 23.2. The highest BCUT2D eigenvalue weighted by Gasteiger charge is 2.50. The molecule has 4 aliphatic rings. The average molecular weight is 490 g/mol. The molecule has 2 aromatic carbocycles. The number of benzene rings is 2. The Hall–Kier alpha value is -3.19. The van der Waals surface area contributed by atoms with Crippen LogP contribution in [0.15, 0.2) is 53.5 Å². The standard InChI is InChI=1S/C29H32FN3O3/c1-2-31(16-19-6-4-3-5-7-19)29-12-10-20(11-13-29)17-33(29)26-15-25-22(14-24(26)30)27(34)23(28(35)36)18-32(25)21-8-9-21/h3-7,14-15,18,20-21H,2,8-13,16-17H2,1H3,(H,35,36). The van der Waals surface area contributed by atoms with Crippen molar-refractivity contribution in [3.05, 3.63) is 75.8 Å². The van der Waals surface area contributed by atoms with Crippen LogP contribution in [0.25, 0.3) is 10.9 Å². The lowest BCUT2D eigenvalue weighted by Gasteiger charge is -2.60. The molecule has 188 valence electrons. The van der Waals surface area contributed by atoms with Crippen LogP contribution >= 0.6 is 0 Å². The predicted molar refractivity (Wildman–Crippen MR) is 138 cm³/mol. The highest BCUT2D eigenvalue weighted by molar-refractivity contribution is 5.93. The molecule has 3 aromatic rings. The van der Waals surface area contributed by atoms with Gasteiger partial charge < -0.3 is 14.6 Å². The highest BCUT2D eigenvalue weighted by atomic mass is 19.1. The number of carboxylic acid groups (broad SMARTS) is 1. The van der Waals surface area contributed by atoms with Gasteiger partial charge in [0.1, 0.15) is 11.4 Å². The second-order valence-electron chi connectivity index (χ2n) is 10.7. The van der Waals surface area contributed by atoms with Gasteiger partial charge in [0, 0.05) is 30.7 Å². The Balaban J connectivity index is 1.49. The Morgan fingerprint density at radius 2 is 1.86 bits per heavy atom. The Morgan fingerprint density at radius 3 is 2.50 bits per heavy atom. The Bertz CT molecular complexity index is 1370. The molecule has 0 atom stereocenters. The number of anilines is 1. The molecule has 3 heterocycles. The molecular weight excluding hydrogens is 457 g/mol. The first-order valence-electron chi connectivity index (χ1n) is 13.1. The van der Waals surface area contributed by atoms with Gasteiger partial charge in [-0.25, -0.2) is 9.18 Å². The quantitative estimate of drug-likeness (QED) is 0.481. The highest BCUT2D eigenvalue weighted by Crippen LogP contribution is 2.49. The molecule has 4 fully saturated rings. The summed E-state index contributed by atoms with van der Waals surface area (Å²) in [6, 6.07) is 13.7. The fraction of sp³-hybridized carbons (Fsp3) is 0.448. The first-order valence-corrected chi connectivity index (χ1v) is 13.1. The van der Waals surface area contributed by atoms with Crippen LogP contribution in [0.4, 0.5) is 10.1 Å². The second-order valence-corrected chi connectivity index (χ2v) is 10.7. The van der Waals surface area contributed by atoms with Crippen molar-refractivity contribution in [2.75, 3.05) is 18.0 Å². The molecule has 7 rings (SSSR count). The smallest absolute Gasteiger partial charge is 0.341 e. The number of pyridine rings is 1. The zero-order valence-electron chi connectivity index (χ0n) is 20.6. The van der Waals surface area contributed by atoms with E-state index in [0.29, 0.717) is 17.1 Å². The van der Waals surface area contributed by atoms with E-state index in [1.807, 2.05) is 16.7 Å². The van der Waals surface area contributed by atoms with Gasteiger partial charge in [0.05, 0.1) is 16.9 Å². The van der Waals surface area contributed by atoms with Gasteiger partial charge in [0.15, 0.2) is 0 Å². The minimum absolute atomic E-state index is 0.149. The van der Waals surface area contributed by atoms with Gasteiger partial charge in [-0.2, -0.15) is 0 Å². The summed E-state index contributed by atoms with van der Waals surface area (Å²) in [6.07, 6.45) is 7.53. The summed E-state index contributed by atoms with van der Waals surface area (Å²) in [5, 5.41) is 9.72. The van der Waals surface area contributed by atoms with Crippen molar-refractivity contribution < 1.29 is 14.3 Å². The van der Waals surface area contributed by atoms with Crippen LogP contribution in [0.1, 0.15) is 67.4 Å². The van der Waals surface area contributed by atoms with Gasteiger partial charge in [-0.05, 0) is 68.7 Å². The van der Waals surface area contributed by atoms with Gasteiger partial charge in [-0.3, -0.25) is 9.69 Å². The fourth-order valence-electron chi connectivity index (χ4n) is 6.56. The molecule has 2 bridgehead atoms.